The number of aromatic nitrogens is 2. The van der Waals surface area contributed by atoms with Crippen molar-refractivity contribution >= 4 is 17.3 Å². The number of hydrogen-bond acceptors (Lipinski definition) is 5. The standard InChI is InChI=1S/C22H20F2N4O4/c1-13-2-6-17(7-3-13)32-18-9-15(8-16(10-18)28(30)31)25-21(29)12-27-20(14-4-5-14)11-19(26-27)22(23)24/h2-3,6-11,14,22H,4-5,12H2,1H3,(H,25,29). The fourth-order valence-corrected chi connectivity index (χ4v) is 3.29. The van der Waals surface area contributed by atoms with Crippen LogP contribution in [0, 0.1) is 17.0 Å². The van der Waals surface area contributed by atoms with Gasteiger partial charge in [-0.05, 0) is 38.0 Å². The first kappa shape index (κ1) is 21.4. The average molecular weight is 442 g/mol. The smallest absolute Gasteiger partial charge is 0.282 e. The summed E-state index contributed by atoms with van der Waals surface area (Å²) in [5.74, 6) is 0.238. The molecule has 2 aromatic carbocycles. The highest BCUT2D eigenvalue weighted by molar-refractivity contribution is 5.91. The van der Waals surface area contributed by atoms with E-state index in [-0.39, 0.29) is 35.3 Å². The maximum absolute atomic E-state index is 13.0. The molecule has 1 N–H and O–H groups in total. The summed E-state index contributed by atoms with van der Waals surface area (Å²) in [6.07, 6.45) is -1.00. The third kappa shape index (κ3) is 5.08. The SMILES string of the molecule is Cc1ccc(Oc2cc(NC(=O)Cn3nc(C(F)F)cc3C3CC3)cc([N+](=O)[O-])c2)cc1. The van der Waals surface area contributed by atoms with Crippen LogP contribution in [-0.2, 0) is 11.3 Å². The minimum Gasteiger partial charge on any atom is -0.457 e. The zero-order valence-corrected chi connectivity index (χ0v) is 17.1. The number of aryl methyl sites for hydroxylation is 1. The summed E-state index contributed by atoms with van der Waals surface area (Å²) in [5, 5.41) is 17.8. The van der Waals surface area contributed by atoms with Crippen LogP contribution in [0.4, 0.5) is 20.2 Å². The van der Waals surface area contributed by atoms with Gasteiger partial charge >= 0.3 is 0 Å². The Morgan fingerprint density at radius 3 is 2.56 bits per heavy atom. The van der Waals surface area contributed by atoms with E-state index < -0.39 is 17.3 Å². The quantitative estimate of drug-likeness (QED) is 0.375. The Balaban J connectivity index is 1.53. The van der Waals surface area contributed by atoms with Crippen molar-refractivity contribution in [3.05, 3.63) is 75.6 Å². The molecule has 0 spiro atoms. The normalized spacial score (nSPS) is 13.2. The minimum absolute atomic E-state index is 0.120. The number of anilines is 1. The molecule has 0 aliphatic heterocycles. The van der Waals surface area contributed by atoms with Crippen LogP contribution < -0.4 is 10.1 Å². The number of carbonyl (C=O) groups is 1. The fraction of sp³-hybridized carbons (Fsp3) is 0.273. The molecule has 10 heteroatoms. The van der Waals surface area contributed by atoms with Crippen LogP contribution in [0.25, 0.3) is 0 Å². The number of nitrogens with one attached hydrogen (secondary N) is 1. The number of rotatable bonds is 8. The number of nitro benzene ring substituents is 1. The molecule has 1 heterocycles. The van der Waals surface area contributed by atoms with Gasteiger partial charge in [0.15, 0.2) is 0 Å². The molecule has 1 aliphatic carbocycles. The van der Waals surface area contributed by atoms with Gasteiger partial charge in [0.2, 0.25) is 5.91 Å². The Morgan fingerprint density at radius 2 is 1.94 bits per heavy atom. The lowest BCUT2D eigenvalue weighted by Crippen LogP contribution is -2.21. The van der Waals surface area contributed by atoms with Crippen LogP contribution in [0.3, 0.4) is 0 Å². The molecule has 0 saturated heterocycles. The zero-order chi connectivity index (χ0) is 22.8. The number of alkyl halides is 2. The molecule has 0 atom stereocenters. The van der Waals surface area contributed by atoms with Crippen molar-refractivity contribution < 1.29 is 23.2 Å². The number of hydrogen-bond donors (Lipinski definition) is 1. The van der Waals surface area contributed by atoms with Crippen LogP contribution in [0.5, 0.6) is 11.5 Å². The molecular weight excluding hydrogens is 422 g/mol. The third-order valence-electron chi connectivity index (χ3n) is 4.99. The van der Waals surface area contributed by atoms with Gasteiger partial charge in [-0.15, -0.1) is 0 Å². The molecular formula is C22H20F2N4O4. The highest BCUT2D eigenvalue weighted by Crippen LogP contribution is 2.41. The third-order valence-corrected chi connectivity index (χ3v) is 4.99. The van der Waals surface area contributed by atoms with Gasteiger partial charge in [0.1, 0.15) is 23.7 Å². The second kappa shape index (κ2) is 8.74. The molecule has 1 fully saturated rings. The van der Waals surface area contributed by atoms with Crippen molar-refractivity contribution in [3.8, 4) is 11.5 Å². The van der Waals surface area contributed by atoms with Gasteiger partial charge < -0.3 is 10.1 Å². The molecule has 1 aromatic heterocycles. The van der Waals surface area contributed by atoms with Crippen molar-refractivity contribution in [1.29, 1.82) is 0 Å². The lowest BCUT2D eigenvalue weighted by molar-refractivity contribution is -0.384. The number of nitro groups is 1. The average Bonchev–Trinajstić information content (AvgIpc) is 3.49. The van der Waals surface area contributed by atoms with Gasteiger partial charge in [-0.3, -0.25) is 19.6 Å². The highest BCUT2D eigenvalue weighted by Gasteiger charge is 2.30. The van der Waals surface area contributed by atoms with E-state index in [1.54, 1.807) is 12.1 Å². The first-order valence-electron chi connectivity index (χ1n) is 9.98. The molecule has 0 bridgehead atoms. The molecule has 1 amide bonds. The summed E-state index contributed by atoms with van der Waals surface area (Å²) < 4.78 is 33.0. The van der Waals surface area contributed by atoms with Gasteiger partial charge in [0.25, 0.3) is 12.1 Å². The summed E-state index contributed by atoms with van der Waals surface area (Å²) in [6.45, 7) is 1.64. The Kier molecular flexibility index (Phi) is 5.85. The van der Waals surface area contributed by atoms with Crippen molar-refractivity contribution in [2.45, 2.75) is 38.7 Å². The van der Waals surface area contributed by atoms with E-state index in [0.717, 1.165) is 18.4 Å². The van der Waals surface area contributed by atoms with Crippen molar-refractivity contribution in [3.63, 3.8) is 0 Å². The summed E-state index contributed by atoms with van der Waals surface area (Å²) in [7, 11) is 0. The summed E-state index contributed by atoms with van der Waals surface area (Å²) in [4.78, 5) is 23.3. The molecule has 4 rings (SSSR count). The molecule has 3 aromatic rings. The predicted octanol–water partition coefficient (Wildman–Crippen LogP) is 5.35. The van der Waals surface area contributed by atoms with Crippen molar-refractivity contribution in [1.82, 2.24) is 9.78 Å². The molecule has 0 unspecified atom stereocenters. The van der Waals surface area contributed by atoms with E-state index in [9.17, 15) is 23.7 Å². The lowest BCUT2D eigenvalue weighted by Gasteiger charge is -2.11. The summed E-state index contributed by atoms with van der Waals surface area (Å²) in [6, 6.07) is 12.4. The Morgan fingerprint density at radius 1 is 1.22 bits per heavy atom. The first-order valence-corrected chi connectivity index (χ1v) is 9.98. The number of nitrogens with zero attached hydrogens (tertiary/aromatic N) is 3. The van der Waals surface area contributed by atoms with E-state index in [1.807, 2.05) is 19.1 Å². The van der Waals surface area contributed by atoms with Crippen LogP contribution in [0.15, 0.2) is 48.5 Å². The van der Waals surface area contributed by atoms with Gasteiger partial charge in [-0.25, -0.2) is 8.78 Å². The molecule has 1 saturated carbocycles. The van der Waals surface area contributed by atoms with Crippen LogP contribution in [-0.4, -0.2) is 20.6 Å². The first-order chi connectivity index (χ1) is 15.3. The molecule has 8 nitrogen and oxygen atoms in total. The molecule has 32 heavy (non-hydrogen) atoms. The van der Waals surface area contributed by atoms with Crippen LogP contribution >= 0.6 is 0 Å². The van der Waals surface area contributed by atoms with E-state index in [4.69, 9.17) is 4.74 Å². The van der Waals surface area contributed by atoms with E-state index >= 15 is 0 Å². The maximum Gasteiger partial charge on any atom is 0.282 e. The fourth-order valence-electron chi connectivity index (χ4n) is 3.29. The van der Waals surface area contributed by atoms with Crippen LogP contribution in [0.2, 0.25) is 0 Å². The second-order valence-corrected chi connectivity index (χ2v) is 7.66. The second-order valence-electron chi connectivity index (χ2n) is 7.66. The Hall–Kier alpha value is -3.82. The minimum atomic E-state index is -2.73. The lowest BCUT2D eigenvalue weighted by atomic mass is 10.2. The topological polar surface area (TPSA) is 99.3 Å². The number of benzene rings is 2. The number of amides is 1. The van der Waals surface area contributed by atoms with E-state index in [0.29, 0.717) is 11.4 Å². The number of non-ortho nitro benzene ring substituents is 1. The highest BCUT2D eigenvalue weighted by atomic mass is 19.3. The van der Waals surface area contributed by atoms with Gasteiger partial charge in [0, 0.05) is 23.7 Å². The molecule has 166 valence electrons. The van der Waals surface area contributed by atoms with Crippen molar-refractivity contribution in [2.24, 2.45) is 0 Å². The van der Waals surface area contributed by atoms with Gasteiger partial charge in [-0.2, -0.15) is 5.10 Å². The largest absolute Gasteiger partial charge is 0.457 e. The van der Waals surface area contributed by atoms with E-state index in [1.165, 1.54) is 28.9 Å². The number of carbonyl (C=O) groups excluding carboxylic acids is 1. The zero-order valence-electron chi connectivity index (χ0n) is 17.1. The molecule has 0 radical (unpaired) electrons. The maximum atomic E-state index is 13.0. The Labute approximate surface area is 182 Å². The monoisotopic (exact) mass is 442 g/mol. The number of ether oxygens (including phenoxy) is 1. The van der Waals surface area contributed by atoms with Crippen molar-refractivity contribution in [2.75, 3.05) is 5.32 Å². The summed E-state index contributed by atoms with van der Waals surface area (Å²) >= 11 is 0. The summed E-state index contributed by atoms with van der Waals surface area (Å²) in [5.41, 5.74) is 1.15. The van der Waals surface area contributed by atoms with E-state index in [2.05, 4.69) is 10.4 Å². The van der Waals surface area contributed by atoms with Crippen LogP contribution in [0.1, 0.15) is 42.1 Å². The van der Waals surface area contributed by atoms with Gasteiger partial charge in [0.05, 0.1) is 16.7 Å². The molecule has 1 aliphatic rings. The van der Waals surface area contributed by atoms with Gasteiger partial charge in [-0.1, -0.05) is 17.7 Å². The number of halogens is 2. The Bertz CT molecular complexity index is 1160. The predicted molar refractivity (Wildman–Crippen MR) is 112 cm³/mol.